The Morgan fingerprint density at radius 2 is 1.88 bits per heavy atom. The number of nitrogens with zero attached hydrogens (tertiary/aromatic N) is 1. The number of carbonyl (C=O) groups is 2. The largest absolute Gasteiger partial charge is 0.449 e. The Labute approximate surface area is 149 Å². The average Bonchev–Trinajstić information content (AvgIpc) is 2.64. The fourth-order valence-electron chi connectivity index (χ4n) is 2.79. The number of hydrogen-bond acceptors (Lipinski definition) is 4. The third-order valence-corrected chi connectivity index (χ3v) is 4.32. The zero-order chi connectivity index (χ0) is 18.2. The van der Waals surface area contributed by atoms with E-state index in [-0.39, 0.29) is 24.5 Å². The summed E-state index contributed by atoms with van der Waals surface area (Å²) in [4.78, 5) is 25.8. The molecule has 0 radical (unpaired) electrons. The van der Waals surface area contributed by atoms with E-state index in [9.17, 15) is 14.7 Å². The van der Waals surface area contributed by atoms with Gasteiger partial charge in [0.2, 0.25) is 5.91 Å². The van der Waals surface area contributed by atoms with Gasteiger partial charge in [0, 0.05) is 25.6 Å². The van der Waals surface area contributed by atoms with E-state index in [1.165, 1.54) is 0 Å². The molecule has 1 aromatic rings. The van der Waals surface area contributed by atoms with Crippen molar-refractivity contribution < 1.29 is 19.4 Å². The normalized spacial score (nSPS) is 16.6. The summed E-state index contributed by atoms with van der Waals surface area (Å²) in [5.41, 5.74) is 0.783. The first kappa shape index (κ1) is 19.2. The maximum absolute atomic E-state index is 12.3. The lowest BCUT2D eigenvalue weighted by atomic mass is 9.96. The minimum Gasteiger partial charge on any atom is -0.449 e. The number of aliphatic hydroxyl groups is 1. The number of amides is 2. The molecule has 2 N–H and O–H groups in total. The van der Waals surface area contributed by atoms with Crippen molar-refractivity contribution >= 4 is 12.0 Å². The van der Waals surface area contributed by atoms with Crippen molar-refractivity contribution in [2.75, 3.05) is 26.2 Å². The molecular weight excluding hydrogens is 320 g/mol. The molecule has 1 unspecified atom stereocenters. The molecule has 6 nitrogen and oxygen atoms in total. The van der Waals surface area contributed by atoms with E-state index >= 15 is 0 Å². The third-order valence-electron chi connectivity index (χ3n) is 4.32. The topological polar surface area (TPSA) is 78.9 Å². The van der Waals surface area contributed by atoms with Crippen LogP contribution in [0.3, 0.4) is 0 Å². The molecule has 2 rings (SSSR count). The van der Waals surface area contributed by atoms with E-state index in [2.05, 4.69) is 5.32 Å². The van der Waals surface area contributed by atoms with Crippen LogP contribution < -0.4 is 5.32 Å². The number of hydrogen-bond donors (Lipinski definition) is 2. The summed E-state index contributed by atoms with van der Waals surface area (Å²) in [6.07, 6.45) is 0.219. The number of aliphatic hydroxyl groups excluding tert-OH is 1. The van der Waals surface area contributed by atoms with E-state index in [4.69, 9.17) is 4.74 Å². The lowest BCUT2D eigenvalue weighted by Gasteiger charge is -2.31. The van der Waals surface area contributed by atoms with Crippen LogP contribution >= 0.6 is 0 Å². The Morgan fingerprint density at radius 3 is 2.48 bits per heavy atom. The molecule has 2 amide bonds. The molecule has 1 saturated heterocycles. The van der Waals surface area contributed by atoms with Gasteiger partial charge < -0.3 is 20.1 Å². The average molecular weight is 348 g/mol. The summed E-state index contributed by atoms with van der Waals surface area (Å²) >= 11 is 0. The SMILES string of the molecule is CC(C)COC(=O)N1CCC(C(=O)NCC(O)c2ccccc2)CC1. The number of nitrogens with one attached hydrogen (secondary N) is 1. The van der Waals surface area contributed by atoms with Crippen LogP contribution in [0.5, 0.6) is 0 Å². The van der Waals surface area contributed by atoms with Gasteiger partial charge in [-0.3, -0.25) is 4.79 Å². The summed E-state index contributed by atoms with van der Waals surface area (Å²) in [7, 11) is 0. The molecule has 0 aliphatic carbocycles. The minimum absolute atomic E-state index is 0.0646. The van der Waals surface area contributed by atoms with Crippen LogP contribution in [0.4, 0.5) is 4.79 Å². The molecule has 1 aromatic carbocycles. The van der Waals surface area contributed by atoms with E-state index in [0.717, 1.165) is 5.56 Å². The second-order valence-corrected chi connectivity index (χ2v) is 6.90. The molecule has 1 aliphatic rings. The van der Waals surface area contributed by atoms with Crippen LogP contribution in [0.25, 0.3) is 0 Å². The van der Waals surface area contributed by atoms with Gasteiger partial charge in [-0.15, -0.1) is 0 Å². The van der Waals surface area contributed by atoms with Crippen LogP contribution in [0, 0.1) is 11.8 Å². The molecule has 0 bridgehead atoms. The highest BCUT2D eigenvalue weighted by molar-refractivity contribution is 5.79. The van der Waals surface area contributed by atoms with Crippen LogP contribution in [-0.4, -0.2) is 48.2 Å². The zero-order valence-corrected chi connectivity index (χ0v) is 15.0. The van der Waals surface area contributed by atoms with E-state index in [0.29, 0.717) is 38.5 Å². The summed E-state index contributed by atoms with van der Waals surface area (Å²) in [6, 6.07) is 9.26. The van der Waals surface area contributed by atoms with Gasteiger partial charge in [0.25, 0.3) is 0 Å². The minimum atomic E-state index is -0.712. The van der Waals surface area contributed by atoms with Gasteiger partial charge in [-0.05, 0) is 24.3 Å². The smallest absolute Gasteiger partial charge is 0.409 e. The molecule has 138 valence electrons. The number of rotatable bonds is 6. The molecule has 25 heavy (non-hydrogen) atoms. The predicted octanol–water partition coefficient (Wildman–Crippen LogP) is 2.34. The molecule has 1 atom stereocenters. The van der Waals surface area contributed by atoms with Crippen LogP contribution in [0.1, 0.15) is 38.4 Å². The Balaban J connectivity index is 1.71. The summed E-state index contributed by atoms with van der Waals surface area (Å²) in [6.45, 7) is 5.64. The van der Waals surface area contributed by atoms with Crippen molar-refractivity contribution in [2.45, 2.75) is 32.8 Å². The molecule has 1 heterocycles. The monoisotopic (exact) mass is 348 g/mol. The summed E-state index contributed by atoms with van der Waals surface area (Å²) < 4.78 is 5.22. The first-order valence-corrected chi connectivity index (χ1v) is 8.89. The Bertz CT molecular complexity index is 554. The fourth-order valence-corrected chi connectivity index (χ4v) is 2.79. The van der Waals surface area contributed by atoms with Crippen molar-refractivity contribution in [3.05, 3.63) is 35.9 Å². The van der Waals surface area contributed by atoms with Gasteiger partial charge in [0.1, 0.15) is 0 Å². The quantitative estimate of drug-likeness (QED) is 0.827. The highest BCUT2D eigenvalue weighted by Crippen LogP contribution is 2.19. The number of carbonyl (C=O) groups excluding carboxylic acids is 2. The van der Waals surface area contributed by atoms with Gasteiger partial charge in [-0.1, -0.05) is 44.2 Å². The molecule has 0 spiro atoms. The Kier molecular flexibility index (Phi) is 7.25. The lowest BCUT2D eigenvalue weighted by Crippen LogP contribution is -2.44. The summed E-state index contributed by atoms with van der Waals surface area (Å²) in [5.74, 6) is 0.116. The van der Waals surface area contributed by atoms with Crippen LogP contribution in [-0.2, 0) is 9.53 Å². The maximum Gasteiger partial charge on any atom is 0.409 e. The Hall–Kier alpha value is -2.08. The van der Waals surface area contributed by atoms with Gasteiger partial charge in [0.05, 0.1) is 12.7 Å². The van der Waals surface area contributed by atoms with E-state index in [1.807, 2.05) is 44.2 Å². The van der Waals surface area contributed by atoms with Crippen molar-refractivity contribution in [1.29, 1.82) is 0 Å². The highest BCUT2D eigenvalue weighted by Gasteiger charge is 2.28. The standard InChI is InChI=1S/C19H28N2O4/c1-14(2)13-25-19(24)21-10-8-16(9-11-21)18(23)20-12-17(22)15-6-4-3-5-7-15/h3-7,14,16-17,22H,8-13H2,1-2H3,(H,20,23). The van der Waals surface area contributed by atoms with E-state index < -0.39 is 6.10 Å². The predicted molar refractivity (Wildman–Crippen MR) is 94.9 cm³/mol. The number of likely N-dealkylation sites (tertiary alicyclic amines) is 1. The molecule has 0 aromatic heterocycles. The first-order chi connectivity index (χ1) is 12.0. The second-order valence-electron chi connectivity index (χ2n) is 6.90. The van der Waals surface area contributed by atoms with Gasteiger partial charge in [-0.2, -0.15) is 0 Å². The highest BCUT2D eigenvalue weighted by atomic mass is 16.6. The van der Waals surface area contributed by atoms with Gasteiger partial charge in [0.15, 0.2) is 0 Å². The van der Waals surface area contributed by atoms with Crippen LogP contribution in [0.15, 0.2) is 30.3 Å². The van der Waals surface area contributed by atoms with Crippen LogP contribution in [0.2, 0.25) is 0 Å². The number of ether oxygens (including phenoxy) is 1. The van der Waals surface area contributed by atoms with E-state index in [1.54, 1.807) is 4.90 Å². The fraction of sp³-hybridized carbons (Fsp3) is 0.579. The maximum atomic E-state index is 12.3. The molecule has 1 aliphatic heterocycles. The van der Waals surface area contributed by atoms with Crippen molar-refractivity contribution in [1.82, 2.24) is 10.2 Å². The number of benzene rings is 1. The lowest BCUT2D eigenvalue weighted by molar-refractivity contribution is -0.126. The first-order valence-electron chi connectivity index (χ1n) is 8.89. The van der Waals surface area contributed by atoms with Crippen molar-refractivity contribution in [3.8, 4) is 0 Å². The molecule has 1 fully saturated rings. The zero-order valence-electron chi connectivity index (χ0n) is 15.0. The second kappa shape index (κ2) is 9.42. The summed E-state index contributed by atoms with van der Waals surface area (Å²) in [5, 5.41) is 12.9. The molecular formula is C19H28N2O4. The van der Waals surface area contributed by atoms with Crippen molar-refractivity contribution in [2.24, 2.45) is 11.8 Å². The van der Waals surface area contributed by atoms with Gasteiger partial charge >= 0.3 is 6.09 Å². The molecule has 0 saturated carbocycles. The third kappa shape index (κ3) is 6.05. The van der Waals surface area contributed by atoms with Gasteiger partial charge in [-0.25, -0.2) is 4.79 Å². The number of piperidine rings is 1. The van der Waals surface area contributed by atoms with Crippen molar-refractivity contribution in [3.63, 3.8) is 0 Å². The molecule has 6 heteroatoms. The Morgan fingerprint density at radius 1 is 1.24 bits per heavy atom.